The van der Waals surface area contributed by atoms with E-state index in [-0.39, 0.29) is 5.69 Å². The van der Waals surface area contributed by atoms with Crippen molar-refractivity contribution in [1.82, 2.24) is 0 Å². The Balaban J connectivity index is 2.33. The molecule has 0 unspecified atom stereocenters. The number of anilines is 1. The van der Waals surface area contributed by atoms with Crippen molar-refractivity contribution >= 4 is 39.4 Å². The fourth-order valence-corrected chi connectivity index (χ4v) is 2.43. The van der Waals surface area contributed by atoms with Crippen LogP contribution in [0, 0.1) is 17.0 Å². The van der Waals surface area contributed by atoms with E-state index in [1.807, 2.05) is 19.0 Å². The lowest BCUT2D eigenvalue weighted by atomic mass is 10.2. The van der Waals surface area contributed by atoms with Crippen molar-refractivity contribution in [1.29, 1.82) is 0 Å². The van der Waals surface area contributed by atoms with Crippen molar-refractivity contribution in [2.75, 3.05) is 19.0 Å². The molecule has 1 aromatic carbocycles. The summed E-state index contributed by atoms with van der Waals surface area (Å²) in [5.74, 6) is 1.18. The summed E-state index contributed by atoms with van der Waals surface area (Å²) in [6.07, 6.45) is 1.47. The highest BCUT2D eigenvalue weighted by Crippen LogP contribution is 2.30. The summed E-state index contributed by atoms with van der Waals surface area (Å²) in [7, 11) is 3.71. The van der Waals surface area contributed by atoms with E-state index < -0.39 is 4.92 Å². The summed E-state index contributed by atoms with van der Waals surface area (Å²) < 4.78 is 6.38. The van der Waals surface area contributed by atoms with Crippen LogP contribution in [0.5, 0.6) is 0 Å². The number of nitrogens with zero attached hydrogens (tertiary/aromatic N) is 3. The van der Waals surface area contributed by atoms with Crippen LogP contribution in [-0.4, -0.2) is 25.2 Å². The lowest BCUT2D eigenvalue weighted by Gasteiger charge is -2.07. The zero-order chi connectivity index (χ0) is 15.6. The number of nitro benzene ring substituents is 1. The minimum Gasteiger partial charge on any atom is -0.438 e. The minimum atomic E-state index is -0.441. The SMILES string of the molecule is Cc1ccc(N=Cc2cc(Br)c(N(C)C)o2)c([N+](=O)[O-])c1. The van der Waals surface area contributed by atoms with Gasteiger partial charge in [-0.2, -0.15) is 0 Å². The molecule has 2 aromatic rings. The molecule has 0 N–H and O–H groups in total. The number of halogens is 1. The van der Waals surface area contributed by atoms with Gasteiger partial charge in [0.2, 0.25) is 5.88 Å². The maximum absolute atomic E-state index is 11.0. The number of rotatable bonds is 4. The Morgan fingerprint density at radius 3 is 2.67 bits per heavy atom. The first kappa shape index (κ1) is 15.2. The van der Waals surface area contributed by atoms with Crippen molar-refractivity contribution in [2.45, 2.75) is 6.92 Å². The quantitative estimate of drug-likeness (QED) is 0.472. The zero-order valence-corrected chi connectivity index (χ0v) is 13.4. The Labute approximate surface area is 130 Å². The molecule has 6 nitrogen and oxygen atoms in total. The number of hydrogen-bond acceptors (Lipinski definition) is 5. The number of furan rings is 1. The molecule has 0 aliphatic heterocycles. The Kier molecular flexibility index (Phi) is 4.42. The van der Waals surface area contributed by atoms with Gasteiger partial charge in [0.15, 0.2) is 0 Å². The van der Waals surface area contributed by atoms with Crippen LogP contribution in [0.3, 0.4) is 0 Å². The van der Waals surface area contributed by atoms with E-state index >= 15 is 0 Å². The molecule has 7 heteroatoms. The molecule has 0 radical (unpaired) electrons. The van der Waals surface area contributed by atoms with E-state index in [9.17, 15) is 10.1 Å². The number of aryl methyl sites for hydroxylation is 1. The first-order valence-corrected chi connectivity index (χ1v) is 6.93. The fraction of sp³-hybridized carbons (Fsp3) is 0.214. The molecule has 1 aromatic heterocycles. The predicted octanol–water partition coefficient (Wildman–Crippen LogP) is 4.08. The molecule has 0 aliphatic carbocycles. The van der Waals surface area contributed by atoms with Gasteiger partial charge in [0.25, 0.3) is 5.69 Å². The first-order chi connectivity index (χ1) is 9.88. The third-order valence-corrected chi connectivity index (χ3v) is 3.32. The second-order valence-corrected chi connectivity index (χ2v) is 5.56. The van der Waals surface area contributed by atoms with Crippen LogP contribution in [0.4, 0.5) is 17.3 Å². The maximum Gasteiger partial charge on any atom is 0.295 e. The van der Waals surface area contributed by atoms with Crippen LogP contribution in [-0.2, 0) is 0 Å². The molecule has 2 rings (SSSR count). The molecule has 0 amide bonds. The van der Waals surface area contributed by atoms with Gasteiger partial charge >= 0.3 is 0 Å². The Bertz CT molecular complexity index is 707. The van der Waals surface area contributed by atoms with Crippen LogP contribution in [0.1, 0.15) is 11.3 Å². The maximum atomic E-state index is 11.0. The summed E-state index contributed by atoms with van der Waals surface area (Å²) in [4.78, 5) is 16.6. The summed E-state index contributed by atoms with van der Waals surface area (Å²) in [5, 5.41) is 11.0. The van der Waals surface area contributed by atoms with E-state index in [1.165, 1.54) is 12.3 Å². The van der Waals surface area contributed by atoms with Crippen LogP contribution in [0.15, 0.2) is 38.1 Å². The lowest BCUT2D eigenvalue weighted by Crippen LogP contribution is -2.07. The standard InChI is InChI=1S/C14H14BrN3O3/c1-9-4-5-12(13(6-9)18(19)20)16-8-10-7-11(15)14(21-10)17(2)3/h4-8H,1-3H3. The van der Waals surface area contributed by atoms with E-state index in [2.05, 4.69) is 20.9 Å². The van der Waals surface area contributed by atoms with E-state index in [0.29, 0.717) is 17.3 Å². The van der Waals surface area contributed by atoms with Crippen molar-refractivity contribution in [3.8, 4) is 0 Å². The van der Waals surface area contributed by atoms with Gasteiger partial charge < -0.3 is 9.32 Å². The van der Waals surface area contributed by atoms with Gasteiger partial charge in [-0.25, -0.2) is 4.99 Å². The van der Waals surface area contributed by atoms with Crippen LogP contribution in [0.25, 0.3) is 0 Å². The number of hydrogen-bond donors (Lipinski definition) is 0. The van der Waals surface area contributed by atoms with Gasteiger partial charge in [0.1, 0.15) is 11.4 Å². The van der Waals surface area contributed by atoms with Gasteiger partial charge in [-0.05, 0) is 34.5 Å². The molecule has 0 aliphatic rings. The van der Waals surface area contributed by atoms with Gasteiger partial charge in [-0.1, -0.05) is 6.07 Å². The smallest absolute Gasteiger partial charge is 0.295 e. The van der Waals surface area contributed by atoms with Crippen molar-refractivity contribution < 1.29 is 9.34 Å². The molecule has 0 bridgehead atoms. The summed E-state index contributed by atoms with van der Waals surface area (Å²) in [5.41, 5.74) is 1.09. The van der Waals surface area contributed by atoms with Crippen LogP contribution < -0.4 is 4.90 Å². The number of benzene rings is 1. The van der Waals surface area contributed by atoms with E-state index in [0.717, 1.165) is 10.0 Å². The van der Waals surface area contributed by atoms with Crippen molar-refractivity contribution in [3.05, 3.63) is 50.2 Å². The highest BCUT2D eigenvalue weighted by Gasteiger charge is 2.13. The van der Waals surface area contributed by atoms with Gasteiger partial charge in [-0.3, -0.25) is 10.1 Å². The van der Waals surface area contributed by atoms with E-state index in [1.54, 1.807) is 25.1 Å². The second kappa shape index (κ2) is 6.09. The van der Waals surface area contributed by atoms with Crippen LogP contribution in [0.2, 0.25) is 0 Å². The molecule has 21 heavy (non-hydrogen) atoms. The summed E-state index contributed by atoms with van der Waals surface area (Å²) >= 11 is 3.39. The van der Waals surface area contributed by atoms with Gasteiger partial charge in [0.05, 0.1) is 15.6 Å². The van der Waals surface area contributed by atoms with Crippen molar-refractivity contribution in [2.24, 2.45) is 4.99 Å². The summed E-state index contributed by atoms with van der Waals surface area (Å²) in [6.45, 7) is 1.80. The summed E-state index contributed by atoms with van der Waals surface area (Å²) in [6, 6.07) is 6.66. The Morgan fingerprint density at radius 1 is 1.38 bits per heavy atom. The molecule has 0 fully saturated rings. The lowest BCUT2D eigenvalue weighted by molar-refractivity contribution is -0.384. The van der Waals surface area contributed by atoms with E-state index in [4.69, 9.17) is 4.42 Å². The molecular formula is C14H14BrN3O3. The predicted molar refractivity (Wildman–Crippen MR) is 85.8 cm³/mol. The largest absolute Gasteiger partial charge is 0.438 e. The van der Waals surface area contributed by atoms with Crippen LogP contribution >= 0.6 is 15.9 Å². The average Bonchev–Trinajstić information content (AvgIpc) is 2.78. The third-order valence-electron chi connectivity index (χ3n) is 2.75. The van der Waals surface area contributed by atoms with Gasteiger partial charge in [-0.15, -0.1) is 0 Å². The zero-order valence-electron chi connectivity index (χ0n) is 11.8. The monoisotopic (exact) mass is 351 g/mol. The second-order valence-electron chi connectivity index (χ2n) is 4.70. The molecule has 0 atom stereocenters. The molecule has 1 heterocycles. The molecule has 0 spiro atoms. The third kappa shape index (κ3) is 3.49. The fourth-order valence-electron chi connectivity index (χ4n) is 1.77. The molecular weight excluding hydrogens is 338 g/mol. The molecule has 0 saturated heterocycles. The van der Waals surface area contributed by atoms with Gasteiger partial charge in [0, 0.05) is 26.2 Å². The number of nitro groups is 1. The average molecular weight is 352 g/mol. The topological polar surface area (TPSA) is 71.9 Å². The minimum absolute atomic E-state index is 0.0234. The normalized spacial score (nSPS) is 11.0. The molecule has 110 valence electrons. The highest BCUT2D eigenvalue weighted by molar-refractivity contribution is 9.10. The molecule has 0 saturated carbocycles. The number of aliphatic imine (C=N–C) groups is 1. The Hall–Kier alpha value is -2.15. The first-order valence-electron chi connectivity index (χ1n) is 6.14. The van der Waals surface area contributed by atoms with Crippen molar-refractivity contribution in [3.63, 3.8) is 0 Å². The highest BCUT2D eigenvalue weighted by atomic mass is 79.9. The Morgan fingerprint density at radius 2 is 2.10 bits per heavy atom.